The number of benzene rings is 2. The highest BCUT2D eigenvalue weighted by molar-refractivity contribution is 7.99. The lowest BCUT2D eigenvalue weighted by Crippen LogP contribution is -1.81. The predicted octanol–water partition coefficient (Wildman–Crippen LogP) is 4.20. The lowest BCUT2D eigenvalue weighted by molar-refractivity contribution is 0.414. The van der Waals surface area contributed by atoms with Gasteiger partial charge in [0.2, 0.25) is 0 Å². The number of ether oxygens (including phenoxy) is 1. The summed E-state index contributed by atoms with van der Waals surface area (Å²) in [7, 11) is 1.66. The van der Waals surface area contributed by atoms with Crippen LogP contribution in [0, 0.1) is 11.3 Å². The van der Waals surface area contributed by atoms with Gasteiger partial charge in [-0.1, -0.05) is 11.8 Å². The van der Waals surface area contributed by atoms with Gasteiger partial charge in [0, 0.05) is 26.9 Å². The highest BCUT2D eigenvalue weighted by Crippen LogP contribution is 2.34. The van der Waals surface area contributed by atoms with Gasteiger partial charge in [-0.15, -0.1) is 0 Å². The Bertz CT molecular complexity index is 784. The van der Waals surface area contributed by atoms with E-state index < -0.39 is 0 Å². The van der Waals surface area contributed by atoms with Crippen LogP contribution in [0.25, 0.3) is 10.9 Å². The van der Waals surface area contributed by atoms with E-state index in [9.17, 15) is 0 Å². The minimum absolute atomic E-state index is 0.675. The highest BCUT2D eigenvalue weighted by Gasteiger charge is 2.06. The molecule has 20 heavy (non-hydrogen) atoms. The summed E-state index contributed by atoms with van der Waals surface area (Å²) in [4.78, 5) is 5.47. The summed E-state index contributed by atoms with van der Waals surface area (Å²) in [6, 6.07) is 15.8. The number of hydrogen-bond acceptors (Lipinski definition) is 3. The fourth-order valence-electron chi connectivity index (χ4n) is 2.02. The molecule has 0 atom stereocenters. The molecular formula is C16H12N2OS. The average molecular weight is 280 g/mol. The van der Waals surface area contributed by atoms with E-state index in [4.69, 9.17) is 10.00 Å². The van der Waals surface area contributed by atoms with Crippen molar-refractivity contribution < 1.29 is 4.74 Å². The van der Waals surface area contributed by atoms with Crippen molar-refractivity contribution in [3.05, 3.63) is 54.2 Å². The van der Waals surface area contributed by atoms with Crippen molar-refractivity contribution in [3.63, 3.8) is 0 Å². The molecule has 1 aromatic heterocycles. The van der Waals surface area contributed by atoms with Gasteiger partial charge >= 0.3 is 0 Å². The van der Waals surface area contributed by atoms with E-state index in [0.717, 1.165) is 26.4 Å². The number of nitriles is 1. The summed E-state index contributed by atoms with van der Waals surface area (Å²) in [6.07, 6.45) is 1.97. The molecule has 4 heteroatoms. The van der Waals surface area contributed by atoms with Gasteiger partial charge in [0.15, 0.2) is 0 Å². The molecule has 1 N–H and O–H groups in total. The molecule has 0 unspecified atom stereocenters. The van der Waals surface area contributed by atoms with Crippen LogP contribution in [0.3, 0.4) is 0 Å². The molecule has 1 heterocycles. The van der Waals surface area contributed by atoms with Crippen LogP contribution in [0.15, 0.2) is 58.5 Å². The summed E-state index contributed by atoms with van der Waals surface area (Å²) in [5.41, 5.74) is 1.72. The van der Waals surface area contributed by atoms with Crippen LogP contribution in [0.4, 0.5) is 0 Å². The standard InChI is InChI=1S/C16H12N2OS/c1-19-12-3-5-13(6-4-12)20-16-10-18-15-7-2-11(9-17)8-14(15)16/h2-8,10,18H,1H3. The Kier molecular flexibility index (Phi) is 3.36. The molecule has 3 aromatic rings. The first kappa shape index (κ1) is 12.6. The minimum atomic E-state index is 0.675. The number of aromatic nitrogens is 1. The van der Waals surface area contributed by atoms with Crippen LogP contribution in [0.1, 0.15) is 5.56 Å². The number of H-pyrrole nitrogens is 1. The van der Waals surface area contributed by atoms with Crippen LogP contribution in [0.5, 0.6) is 5.75 Å². The molecule has 0 bridgehead atoms. The molecular weight excluding hydrogens is 268 g/mol. The average Bonchev–Trinajstić information content (AvgIpc) is 2.90. The molecule has 2 aromatic carbocycles. The van der Waals surface area contributed by atoms with Gasteiger partial charge in [-0.25, -0.2) is 0 Å². The zero-order chi connectivity index (χ0) is 13.9. The fourth-order valence-corrected chi connectivity index (χ4v) is 2.94. The van der Waals surface area contributed by atoms with E-state index in [1.54, 1.807) is 18.9 Å². The molecule has 0 aliphatic heterocycles. The van der Waals surface area contributed by atoms with Crippen molar-refractivity contribution in [2.45, 2.75) is 9.79 Å². The summed E-state index contributed by atoms with van der Waals surface area (Å²) >= 11 is 1.67. The Hall–Kier alpha value is -2.38. The lowest BCUT2D eigenvalue weighted by atomic mass is 10.2. The van der Waals surface area contributed by atoms with Crippen molar-refractivity contribution in [1.82, 2.24) is 4.98 Å². The van der Waals surface area contributed by atoms with Crippen molar-refractivity contribution in [3.8, 4) is 11.8 Å². The Morgan fingerprint density at radius 3 is 2.65 bits per heavy atom. The zero-order valence-corrected chi connectivity index (χ0v) is 11.7. The Morgan fingerprint density at radius 1 is 1.15 bits per heavy atom. The quantitative estimate of drug-likeness (QED) is 0.782. The Balaban J connectivity index is 1.95. The maximum absolute atomic E-state index is 8.99. The van der Waals surface area contributed by atoms with E-state index in [1.807, 2.05) is 48.7 Å². The van der Waals surface area contributed by atoms with Crippen LogP contribution in [0.2, 0.25) is 0 Å². The molecule has 3 rings (SSSR count). The lowest BCUT2D eigenvalue weighted by Gasteiger charge is -2.02. The highest BCUT2D eigenvalue weighted by atomic mass is 32.2. The van der Waals surface area contributed by atoms with Crippen molar-refractivity contribution in [2.75, 3.05) is 7.11 Å². The fraction of sp³-hybridized carbons (Fsp3) is 0.0625. The third-order valence-corrected chi connectivity index (χ3v) is 4.13. The molecule has 0 radical (unpaired) electrons. The van der Waals surface area contributed by atoms with Crippen LogP contribution < -0.4 is 4.74 Å². The van der Waals surface area contributed by atoms with Gasteiger partial charge in [0.1, 0.15) is 5.75 Å². The smallest absolute Gasteiger partial charge is 0.118 e. The SMILES string of the molecule is COc1ccc(Sc2c[nH]c3ccc(C#N)cc23)cc1. The minimum Gasteiger partial charge on any atom is -0.497 e. The summed E-state index contributed by atoms with van der Waals surface area (Å²) < 4.78 is 5.15. The second-order valence-electron chi connectivity index (χ2n) is 4.30. The van der Waals surface area contributed by atoms with Gasteiger partial charge in [-0.2, -0.15) is 5.26 Å². The largest absolute Gasteiger partial charge is 0.497 e. The summed E-state index contributed by atoms with van der Waals surface area (Å²) in [5.74, 6) is 0.847. The Labute approximate surface area is 121 Å². The van der Waals surface area contributed by atoms with Crippen LogP contribution in [-0.2, 0) is 0 Å². The third-order valence-electron chi connectivity index (χ3n) is 3.06. The molecule has 0 amide bonds. The molecule has 0 saturated heterocycles. The van der Waals surface area contributed by atoms with Gasteiger partial charge in [0.25, 0.3) is 0 Å². The van der Waals surface area contributed by atoms with Gasteiger partial charge in [-0.3, -0.25) is 0 Å². The van der Waals surface area contributed by atoms with E-state index in [1.165, 1.54) is 0 Å². The van der Waals surface area contributed by atoms with Gasteiger partial charge in [0.05, 0.1) is 18.7 Å². The van der Waals surface area contributed by atoms with Crippen molar-refractivity contribution >= 4 is 22.7 Å². The molecule has 0 saturated carbocycles. The van der Waals surface area contributed by atoms with Gasteiger partial charge < -0.3 is 9.72 Å². The summed E-state index contributed by atoms with van der Waals surface area (Å²) in [5, 5.41) is 10.1. The monoisotopic (exact) mass is 280 g/mol. The van der Waals surface area contributed by atoms with E-state index in [2.05, 4.69) is 11.1 Å². The maximum Gasteiger partial charge on any atom is 0.118 e. The maximum atomic E-state index is 8.99. The number of aromatic amines is 1. The van der Waals surface area contributed by atoms with Crippen LogP contribution in [-0.4, -0.2) is 12.1 Å². The number of rotatable bonds is 3. The second kappa shape index (κ2) is 5.32. The topological polar surface area (TPSA) is 48.8 Å². The second-order valence-corrected chi connectivity index (χ2v) is 5.42. The Morgan fingerprint density at radius 2 is 1.95 bits per heavy atom. The van der Waals surface area contributed by atoms with E-state index >= 15 is 0 Å². The zero-order valence-electron chi connectivity index (χ0n) is 10.9. The first-order valence-electron chi connectivity index (χ1n) is 6.13. The predicted molar refractivity (Wildman–Crippen MR) is 80.1 cm³/mol. The third kappa shape index (κ3) is 2.36. The van der Waals surface area contributed by atoms with E-state index in [-0.39, 0.29) is 0 Å². The number of nitrogens with zero attached hydrogens (tertiary/aromatic N) is 1. The van der Waals surface area contributed by atoms with Gasteiger partial charge in [-0.05, 0) is 42.5 Å². The molecule has 0 spiro atoms. The number of fused-ring (bicyclic) bond motifs is 1. The summed E-state index contributed by atoms with van der Waals surface area (Å²) in [6.45, 7) is 0. The molecule has 0 aliphatic carbocycles. The number of hydrogen-bond donors (Lipinski definition) is 1. The molecule has 0 aliphatic rings. The number of methoxy groups -OCH3 is 1. The van der Waals surface area contributed by atoms with Crippen molar-refractivity contribution in [2.24, 2.45) is 0 Å². The first-order chi connectivity index (χ1) is 9.80. The normalized spacial score (nSPS) is 10.4. The molecule has 98 valence electrons. The van der Waals surface area contributed by atoms with E-state index in [0.29, 0.717) is 5.56 Å². The molecule has 3 nitrogen and oxygen atoms in total. The first-order valence-corrected chi connectivity index (χ1v) is 6.95. The van der Waals surface area contributed by atoms with Crippen molar-refractivity contribution in [1.29, 1.82) is 5.26 Å². The van der Waals surface area contributed by atoms with Crippen LogP contribution >= 0.6 is 11.8 Å². The number of nitrogens with one attached hydrogen (secondary N) is 1. The molecule has 0 fully saturated rings.